The number of thiazole rings is 1. The first kappa shape index (κ1) is 13.4. The number of aromatic nitrogens is 2. The monoisotopic (exact) mass is 277 g/mol. The molecule has 2 aromatic heterocycles. The van der Waals surface area contributed by atoms with Gasteiger partial charge in [0, 0.05) is 18.1 Å². The molecule has 0 aliphatic rings. The summed E-state index contributed by atoms with van der Waals surface area (Å²) in [7, 11) is 1.74. The normalized spacial score (nSPS) is 10.3. The zero-order valence-corrected chi connectivity index (χ0v) is 11.6. The molecule has 0 aromatic carbocycles. The van der Waals surface area contributed by atoms with Crippen molar-refractivity contribution in [2.24, 2.45) is 5.84 Å². The Bertz CT molecular complexity index is 583. The van der Waals surface area contributed by atoms with Gasteiger partial charge in [-0.15, -0.1) is 11.3 Å². The quantitative estimate of drug-likeness (QED) is 0.652. The Morgan fingerprint density at radius 2 is 2.32 bits per heavy atom. The summed E-state index contributed by atoms with van der Waals surface area (Å²) in [6, 6.07) is 3.32. The third-order valence-electron chi connectivity index (χ3n) is 2.72. The number of pyridine rings is 1. The zero-order valence-electron chi connectivity index (χ0n) is 10.8. The second-order valence-corrected chi connectivity index (χ2v) is 5.04. The van der Waals surface area contributed by atoms with Crippen molar-refractivity contribution in [1.82, 2.24) is 14.9 Å². The zero-order chi connectivity index (χ0) is 13.8. The van der Waals surface area contributed by atoms with Crippen LogP contribution >= 0.6 is 11.3 Å². The van der Waals surface area contributed by atoms with Crippen molar-refractivity contribution in [3.8, 4) is 0 Å². The van der Waals surface area contributed by atoms with Crippen LogP contribution in [0.2, 0.25) is 0 Å². The molecule has 100 valence electrons. The van der Waals surface area contributed by atoms with Crippen molar-refractivity contribution in [2.45, 2.75) is 13.5 Å². The molecule has 0 aliphatic carbocycles. The number of nitrogens with one attached hydrogen (secondary N) is 1. The van der Waals surface area contributed by atoms with Crippen molar-refractivity contribution in [3.05, 3.63) is 40.1 Å². The van der Waals surface area contributed by atoms with Gasteiger partial charge in [-0.25, -0.2) is 4.98 Å². The van der Waals surface area contributed by atoms with Crippen LogP contribution in [0.15, 0.2) is 23.8 Å². The Balaban J connectivity index is 2.12. The minimum atomic E-state index is -0.148. The second kappa shape index (κ2) is 5.77. The van der Waals surface area contributed by atoms with Crippen LogP contribution in [0.1, 0.15) is 21.1 Å². The van der Waals surface area contributed by atoms with Gasteiger partial charge in [0.2, 0.25) is 0 Å². The van der Waals surface area contributed by atoms with E-state index in [0.29, 0.717) is 17.9 Å². The highest BCUT2D eigenvalue weighted by Gasteiger charge is 2.15. The number of nitrogens with zero attached hydrogens (tertiary/aromatic N) is 3. The number of nitrogen functional groups attached to an aromatic ring is 1. The predicted molar refractivity (Wildman–Crippen MR) is 74.7 cm³/mol. The van der Waals surface area contributed by atoms with Crippen molar-refractivity contribution in [3.63, 3.8) is 0 Å². The summed E-state index contributed by atoms with van der Waals surface area (Å²) in [4.78, 5) is 23.1. The van der Waals surface area contributed by atoms with Crippen LogP contribution in [-0.2, 0) is 6.54 Å². The van der Waals surface area contributed by atoms with E-state index in [9.17, 15) is 4.79 Å². The lowest BCUT2D eigenvalue weighted by Gasteiger charge is -2.16. The van der Waals surface area contributed by atoms with E-state index in [4.69, 9.17) is 5.84 Å². The first-order chi connectivity index (χ1) is 9.11. The number of hydrazine groups is 1. The molecule has 0 fully saturated rings. The minimum absolute atomic E-state index is 0.148. The molecule has 0 bridgehead atoms. The Morgan fingerprint density at radius 3 is 2.95 bits per heavy atom. The van der Waals surface area contributed by atoms with Gasteiger partial charge in [-0.05, 0) is 19.1 Å². The van der Waals surface area contributed by atoms with Crippen molar-refractivity contribution in [2.75, 3.05) is 12.5 Å². The Hall–Kier alpha value is -1.99. The van der Waals surface area contributed by atoms with Gasteiger partial charge in [-0.1, -0.05) is 0 Å². The van der Waals surface area contributed by atoms with E-state index in [-0.39, 0.29) is 5.91 Å². The van der Waals surface area contributed by atoms with E-state index in [1.807, 2.05) is 6.92 Å². The molecule has 0 radical (unpaired) electrons. The van der Waals surface area contributed by atoms with Crippen LogP contribution in [-0.4, -0.2) is 27.8 Å². The summed E-state index contributed by atoms with van der Waals surface area (Å²) in [6.45, 7) is 2.46. The summed E-state index contributed by atoms with van der Waals surface area (Å²) in [5.41, 5.74) is 6.24. The average molecular weight is 277 g/mol. The summed E-state index contributed by atoms with van der Waals surface area (Å²) < 4.78 is 0. The molecule has 3 N–H and O–H groups in total. The van der Waals surface area contributed by atoms with Crippen LogP contribution < -0.4 is 11.3 Å². The van der Waals surface area contributed by atoms with Crippen molar-refractivity contribution >= 4 is 22.9 Å². The van der Waals surface area contributed by atoms with E-state index in [1.54, 1.807) is 47.1 Å². The smallest absolute Gasteiger partial charge is 0.272 e. The number of hydrogen-bond acceptors (Lipinski definition) is 6. The number of carbonyl (C=O) groups is 1. The molecule has 0 aliphatic heterocycles. The molecule has 0 saturated heterocycles. The lowest BCUT2D eigenvalue weighted by atomic mass is 10.3. The summed E-state index contributed by atoms with van der Waals surface area (Å²) in [5.74, 6) is 5.17. The van der Waals surface area contributed by atoms with Crippen LogP contribution in [0.5, 0.6) is 0 Å². The number of anilines is 1. The highest BCUT2D eigenvalue weighted by atomic mass is 32.1. The summed E-state index contributed by atoms with van der Waals surface area (Å²) >= 11 is 1.54. The first-order valence-corrected chi connectivity index (χ1v) is 6.57. The fourth-order valence-electron chi connectivity index (χ4n) is 1.60. The number of aryl methyl sites for hydroxylation is 1. The van der Waals surface area contributed by atoms with Gasteiger partial charge < -0.3 is 10.3 Å². The molecule has 0 atom stereocenters. The number of hydrogen-bond donors (Lipinski definition) is 2. The molecule has 6 nitrogen and oxygen atoms in total. The van der Waals surface area contributed by atoms with Gasteiger partial charge in [0.15, 0.2) is 0 Å². The molecule has 0 saturated carbocycles. The average Bonchev–Trinajstić information content (AvgIpc) is 2.83. The molecule has 0 unspecified atom stereocenters. The van der Waals surface area contributed by atoms with Gasteiger partial charge >= 0.3 is 0 Å². The van der Waals surface area contributed by atoms with E-state index >= 15 is 0 Å². The standard InChI is InChI=1S/C12H15N5OS/c1-8-11(19-7-15-8)6-17(2)12(18)10-5-9(16-13)3-4-14-10/h3-5,7H,6,13H2,1-2H3,(H,14,16). The van der Waals surface area contributed by atoms with Gasteiger partial charge in [-0.3, -0.25) is 15.6 Å². The highest BCUT2D eigenvalue weighted by molar-refractivity contribution is 7.09. The second-order valence-electron chi connectivity index (χ2n) is 4.10. The third-order valence-corrected chi connectivity index (χ3v) is 3.64. The predicted octanol–water partition coefficient (Wildman–Crippen LogP) is 1.40. The minimum Gasteiger partial charge on any atom is -0.335 e. The molecule has 2 heterocycles. The molecule has 19 heavy (non-hydrogen) atoms. The van der Waals surface area contributed by atoms with E-state index < -0.39 is 0 Å². The third kappa shape index (κ3) is 3.07. The Kier molecular flexibility index (Phi) is 4.08. The Labute approximate surface area is 115 Å². The molecule has 2 rings (SSSR count). The Morgan fingerprint density at radius 1 is 1.53 bits per heavy atom. The van der Waals surface area contributed by atoms with Crippen LogP contribution in [0.4, 0.5) is 5.69 Å². The number of amides is 1. The number of carbonyl (C=O) groups excluding carboxylic acids is 1. The van der Waals surface area contributed by atoms with Crippen LogP contribution in [0, 0.1) is 6.92 Å². The SMILES string of the molecule is Cc1ncsc1CN(C)C(=O)c1cc(NN)ccn1. The number of nitrogens with two attached hydrogens (primary N) is 1. The highest BCUT2D eigenvalue weighted by Crippen LogP contribution is 2.16. The van der Waals surface area contributed by atoms with Gasteiger partial charge in [-0.2, -0.15) is 0 Å². The fourth-order valence-corrected chi connectivity index (χ4v) is 2.43. The molecule has 1 amide bonds. The van der Waals surface area contributed by atoms with Gasteiger partial charge in [0.05, 0.1) is 23.4 Å². The molecule has 2 aromatic rings. The van der Waals surface area contributed by atoms with E-state index in [0.717, 1.165) is 10.6 Å². The van der Waals surface area contributed by atoms with Crippen molar-refractivity contribution in [1.29, 1.82) is 0 Å². The lowest BCUT2D eigenvalue weighted by molar-refractivity contribution is 0.0780. The molecular weight excluding hydrogens is 262 g/mol. The largest absolute Gasteiger partial charge is 0.335 e. The van der Waals surface area contributed by atoms with Gasteiger partial charge in [0.1, 0.15) is 5.69 Å². The molecule has 0 spiro atoms. The maximum atomic E-state index is 12.2. The van der Waals surface area contributed by atoms with E-state index in [1.165, 1.54) is 0 Å². The first-order valence-electron chi connectivity index (χ1n) is 5.69. The lowest BCUT2D eigenvalue weighted by Crippen LogP contribution is -2.27. The summed E-state index contributed by atoms with van der Waals surface area (Å²) in [5, 5.41) is 0. The van der Waals surface area contributed by atoms with Crippen LogP contribution in [0.25, 0.3) is 0 Å². The maximum absolute atomic E-state index is 12.2. The van der Waals surface area contributed by atoms with Crippen LogP contribution in [0.3, 0.4) is 0 Å². The molecular formula is C12H15N5OS. The summed E-state index contributed by atoms with van der Waals surface area (Å²) in [6.07, 6.45) is 1.55. The maximum Gasteiger partial charge on any atom is 0.272 e. The fraction of sp³-hybridized carbons (Fsp3) is 0.250. The van der Waals surface area contributed by atoms with Crippen molar-refractivity contribution < 1.29 is 4.79 Å². The van der Waals surface area contributed by atoms with E-state index in [2.05, 4.69) is 15.4 Å². The number of rotatable bonds is 4. The molecule has 7 heteroatoms. The topological polar surface area (TPSA) is 84.1 Å². The van der Waals surface area contributed by atoms with Gasteiger partial charge in [0.25, 0.3) is 5.91 Å².